The van der Waals surface area contributed by atoms with Gasteiger partial charge in [-0.3, -0.25) is 4.79 Å². The van der Waals surface area contributed by atoms with Gasteiger partial charge >= 0.3 is 0 Å². The van der Waals surface area contributed by atoms with E-state index in [1.807, 2.05) is 31.2 Å². The van der Waals surface area contributed by atoms with Crippen LogP contribution in [0.25, 0.3) is 22.2 Å². The van der Waals surface area contributed by atoms with E-state index in [9.17, 15) is 4.79 Å². The first-order valence-corrected chi connectivity index (χ1v) is 13.8. The summed E-state index contributed by atoms with van der Waals surface area (Å²) in [6.07, 6.45) is 7.40. The second kappa shape index (κ2) is 8.17. The Morgan fingerprint density at radius 2 is 1.75 bits per heavy atom. The standard InChI is InChI=1S/C30H33ClN2O3/c1-3-36-20-8-9-23-22(13-20)25(27(32-23)21-6-4-5-7-24(21)35-2)28-26(31)29(34)33(28)30-14-17-10-18(15-30)12-19(11-17)16-30/h4-9,13,17-19,26,28,32H,3,10-12,14-16H2,1-2H3. The maximum atomic E-state index is 13.6. The summed E-state index contributed by atoms with van der Waals surface area (Å²) in [5, 5.41) is 0.501. The number of amides is 1. The smallest absolute Gasteiger partial charge is 0.244 e. The minimum Gasteiger partial charge on any atom is -0.496 e. The summed E-state index contributed by atoms with van der Waals surface area (Å²) in [4.78, 5) is 19.5. The molecule has 188 valence electrons. The van der Waals surface area contributed by atoms with Crippen LogP contribution in [0.2, 0.25) is 0 Å². The van der Waals surface area contributed by atoms with Crippen LogP contribution in [0.5, 0.6) is 11.5 Å². The van der Waals surface area contributed by atoms with Crippen LogP contribution in [-0.2, 0) is 4.79 Å². The van der Waals surface area contributed by atoms with Crippen LogP contribution in [0.1, 0.15) is 57.1 Å². The number of methoxy groups -OCH3 is 1. The number of aromatic nitrogens is 1. The summed E-state index contributed by atoms with van der Waals surface area (Å²) in [7, 11) is 1.70. The first-order valence-electron chi connectivity index (χ1n) is 13.4. The van der Waals surface area contributed by atoms with Crippen LogP contribution in [0.3, 0.4) is 0 Å². The highest BCUT2D eigenvalue weighted by molar-refractivity contribution is 6.34. The number of carbonyl (C=O) groups excluding carboxylic acids is 1. The number of hydrogen-bond donors (Lipinski definition) is 1. The lowest BCUT2D eigenvalue weighted by Crippen LogP contribution is -2.70. The number of fused-ring (bicyclic) bond motifs is 1. The van der Waals surface area contributed by atoms with Crippen LogP contribution < -0.4 is 9.47 Å². The third-order valence-corrected chi connectivity index (χ3v) is 9.76. The molecule has 1 N–H and O–H groups in total. The molecule has 5 nitrogen and oxygen atoms in total. The number of alkyl halides is 1. The molecule has 3 aromatic rings. The zero-order valence-electron chi connectivity index (χ0n) is 20.9. The number of ether oxygens (including phenoxy) is 2. The molecule has 1 aromatic heterocycles. The number of nitrogens with zero attached hydrogens (tertiary/aromatic N) is 1. The molecule has 1 saturated heterocycles. The highest BCUT2D eigenvalue weighted by Crippen LogP contribution is 2.62. The number of β-lactam (4-membered cyclic amide) rings is 1. The molecular weight excluding hydrogens is 472 g/mol. The van der Waals surface area contributed by atoms with Crippen molar-refractivity contribution < 1.29 is 14.3 Å². The molecule has 1 amide bonds. The van der Waals surface area contributed by atoms with Crippen molar-refractivity contribution in [2.75, 3.05) is 13.7 Å². The lowest BCUT2D eigenvalue weighted by atomic mass is 9.51. The molecule has 4 saturated carbocycles. The van der Waals surface area contributed by atoms with Gasteiger partial charge in [0.2, 0.25) is 5.91 Å². The van der Waals surface area contributed by atoms with Gasteiger partial charge in [0.15, 0.2) is 0 Å². The maximum absolute atomic E-state index is 13.6. The van der Waals surface area contributed by atoms with Crippen molar-refractivity contribution in [3.8, 4) is 22.8 Å². The quantitative estimate of drug-likeness (QED) is 0.300. The Labute approximate surface area is 217 Å². The number of hydrogen-bond acceptors (Lipinski definition) is 3. The summed E-state index contributed by atoms with van der Waals surface area (Å²) >= 11 is 6.96. The lowest BCUT2D eigenvalue weighted by Gasteiger charge is -2.65. The van der Waals surface area contributed by atoms with Gasteiger partial charge in [-0.2, -0.15) is 0 Å². The second-order valence-corrected chi connectivity index (χ2v) is 11.9. The Bertz CT molecular complexity index is 1310. The number of benzene rings is 2. The Morgan fingerprint density at radius 1 is 1.06 bits per heavy atom. The molecular formula is C30H33ClN2O3. The molecule has 4 aliphatic carbocycles. The van der Waals surface area contributed by atoms with E-state index >= 15 is 0 Å². The predicted octanol–water partition coefficient (Wildman–Crippen LogP) is 6.70. The number of para-hydroxylation sites is 1. The largest absolute Gasteiger partial charge is 0.496 e. The van der Waals surface area contributed by atoms with Crippen LogP contribution >= 0.6 is 11.6 Å². The summed E-state index contributed by atoms with van der Waals surface area (Å²) in [6.45, 7) is 2.60. The molecule has 2 unspecified atom stereocenters. The monoisotopic (exact) mass is 504 g/mol. The first kappa shape index (κ1) is 22.5. The average Bonchev–Trinajstić information content (AvgIpc) is 3.23. The number of rotatable bonds is 6. The summed E-state index contributed by atoms with van der Waals surface area (Å²) in [5.74, 6) is 3.98. The Balaban J connectivity index is 1.42. The van der Waals surface area contributed by atoms with Gasteiger partial charge in [0, 0.05) is 27.6 Å². The average molecular weight is 505 g/mol. The Hall–Kier alpha value is -2.66. The van der Waals surface area contributed by atoms with E-state index in [4.69, 9.17) is 21.1 Å². The molecule has 1 aliphatic heterocycles. The topological polar surface area (TPSA) is 54.6 Å². The number of halogens is 1. The van der Waals surface area contributed by atoms with E-state index in [-0.39, 0.29) is 17.5 Å². The molecule has 2 aromatic carbocycles. The van der Waals surface area contributed by atoms with Gasteiger partial charge in [-0.15, -0.1) is 11.6 Å². The zero-order valence-corrected chi connectivity index (χ0v) is 21.7. The van der Waals surface area contributed by atoms with E-state index in [1.165, 1.54) is 19.3 Å². The fourth-order valence-electron chi connectivity index (χ4n) is 8.44. The number of aromatic amines is 1. The summed E-state index contributed by atoms with van der Waals surface area (Å²) < 4.78 is 11.6. The highest BCUT2D eigenvalue weighted by atomic mass is 35.5. The molecule has 36 heavy (non-hydrogen) atoms. The van der Waals surface area contributed by atoms with Crippen LogP contribution in [0.15, 0.2) is 42.5 Å². The van der Waals surface area contributed by atoms with E-state index in [0.29, 0.717) is 6.61 Å². The number of carbonyl (C=O) groups is 1. The van der Waals surface area contributed by atoms with Crippen molar-refractivity contribution in [2.24, 2.45) is 17.8 Å². The number of H-pyrrole nitrogens is 1. The maximum Gasteiger partial charge on any atom is 0.244 e. The van der Waals surface area contributed by atoms with Gasteiger partial charge < -0.3 is 19.4 Å². The lowest BCUT2D eigenvalue weighted by molar-refractivity contribution is -0.175. The number of likely N-dealkylation sites (tertiary alicyclic amines) is 1. The van der Waals surface area contributed by atoms with Gasteiger partial charge in [0.1, 0.15) is 16.9 Å². The van der Waals surface area contributed by atoms with Crippen molar-refractivity contribution in [1.29, 1.82) is 0 Å². The van der Waals surface area contributed by atoms with Gasteiger partial charge in [-0.25, -0.2) is 0 Å². The van der Waals surface area contributed by atoms with Crippen LogP contribution in [-0.4, -0.2) is 40.4 Å². The van der Waals surface area contributed by atoms with Gasteiger partial charge in [0.25, 0.3) is 0 Å². The van der Waals surface area contributed by atoms with E-state index in [0.717, 1.165) is 76.2 Å². The van der Waals surface area contributed by atoms with Gasteiger partial charge in [-0.05, 0) is 93.5 Å². The fraction of sp³-hybridized carbons (Fsp3) is 0.500. The van der Waals surface area contributed by atoms with Crippen molar-refractivity contribution in [2.45, 2.75) is 62.4 Å². The molecule has 0 radical (unpaired) electrons. The Morgan fingerprint density at radius 3 is 2.42 bits per heavy atom. The van der Waals surface area contributed by atoms with Crippen molar-refractivity contribution in [1.82, 2.24) is 9.88 Å². The highest BCUT2D eigenvalue weighted by Gasteiger charge is 2.62. The second-order valence-electron chi connectivity index (χ2n) is 11.5. The predicted molar refractivity (Wildman–Crippen MR) is 142 cm³/mol. The molecule has 8 rings (SSSR count). The molecule has 5 fully saturated rings. The molecule has 2 atom stereocenters. The Kier molecular flexibility index (Phi) is 5.12. The van der Waals surface area contributed by atoms with Crippen molar-refractivity contribution >= 4 is 28.4 Å². The van der Waals surface area contributed by atoms with Crippen molar-refractivity contribution in [3.05, 3.63) is 48.0 Å². The van der Waals surface area contributed by atoms with Crippen LogP contribution in [0.4, 0.5) is 0 Å². The van der Waals surface area contributed by atoms with Gasteiger partial charge in [0.05, 0.1) is 25.5 Å². The summed E-state index contributed by atoms with van der Waals surface area (Å²) in [6, 6.07) is 14.1. The summed E-state index contributed by atoms with van der Waals surface area (Å²) in [5.41, 5.74) is 4.02. The fourth-order valence-corrected chi connectivity index (χ4v) is 8.78. The number of nitrogens with one attached hydrogen (secondary N) is 1. The third-order valence-electron chi connectivity index (χ3n) is 9.34. The van der Waals surface area contributed by atoms with E-state index in [2.05, 4.69) is 28.1 Å². The third kappa shape index (κ3) is 3.17. The minimum absolute atomic E-state index is 0.0545. The van der Waals surface area contributed by atoms with Crippen molar-refractivity contribution in [3.63, 3.8) is 0 Å². The minimum atomic E-state index is -0.568. The molecule has 5 aliphatic rings. The molecule has 0 spiro atoms. The normalized spacial score (nSPS) is 32.7. The van der Waals surface area contributed by atoms with E-state index < -0.39 is 5.38 Å². The SMILES string of the molecule is CCOc1ccc2[nH]c(-c3ccccc3OC)c(C3C(Cl)C(=O)N3C34CC5CC(CC(C5)C3)C4)c2c1. The molecule has 6 heteroatoms. The van der Waals surface area contributed by atoms with Crippen LogP contribution in [0, 0.1) is 17.8 Å². The molecule has 4 bridgehead atoms. The van der Waals surface area contributed by atoms with E-state index in [1.54, 1.807) is 7.11 Å². The molecule has 2 heterocycles. The zero-order chi connectivity index (χ0) is 24.6. The first-order chi connectivity index (χ1) is 17.5. The van der Waals surface area contributed by atoms with Gasteiger partial charge in [-0.1, -0.05) is 12.1 Å².